The van der Waals surface area contributed by atoms with Crippen molar-refractivity contribution < 1.29 is 4.79 Å². The third kappa shape index (κ3) is 2.49. The fourth-order valence-electron chi connectivity index (χ4n) is 3.16. The van der Waals surface area contributed by atoms with Gasteiger partial charge in [0.2, 0.25) is 0 Å². The van der Waals surface area contributed by atoms with Crippen LogP contribution in [0.25, 0.3) is 5.69 Å². The first-order chi connectivity index (χ1) is 10.3. The third-order valence-corrected chi connectivity index (χ3v) is 4.24. The summed E-state index contributed by atoms with van der Waals surface area (Å²) in [4.78, 5) is 13.1. The largest absolute Gasteiger partial charge is 0.316 e. The second-order valence-corrected chi connectivity index (χ2v) is 5.65. The van der Waals surface area contributed by atoms with Gasteiger partial charge in [-0.3, -0.25) is 4.79 Å². The Hall–Kier alpha value is -2.01. The minimum absolute atomic E-state index is 0.156. The van der Waals surface area contributed by atoms with Gasteiger partial charge in [0, 0.05) is 12.0 Å². The van der Waals surface area contributed by atoms with Gasteiger partial charge >= 0.3 is 0 Å². The van der Waals surface area contributed by atoms with Crippen molar-refractivity contribution in [2.45, 2.75) is 26.2 Å². The highest BCUT2D eigenvalue weighted by Crippen LogP contribution is 2.35. The van der Waals surface area contributed by atoms with Crippen molar-refractivity contribution >= 4 is 5.78 Å². The van der Waals surface area contributed by atoms with E-state index in [1.807, 2.05) is 30.3 Å². The molecule has 1 atom stereocenters. The second-order valence-electron chi connectivity index (χ2n) is 5.65. The van der Waals surface area contributed by atoms with E-state index in [1.165, 1.54) is 0 Å². The van der Waals surface area contributed by atoms with E-state index >= 15 is 0 Å². The molecular formula is C16H20N4O. The molecule has 1 aliphatic rings. The van der Waals surface area contributed by atoms with Crippen molar-refractivity contribution in [1.29, 1.82) is 0 Å². The van der Waals surface area contributed by atoms with Crippen LogP contribution in [0.5, 0.6) is 0 Å². The quantitative estimate of drug-likeness (QED) is 0.855. The Kier molecular flexibility index (Phi) is 3.84. The molecule has 1 N–H and O–H groups in total. The zero-order valence-electron chi connectivity index (χ0n) is 12.2. The van der Waals surface area contributed by atoms with E-state index in [4.69, 9.17) is 0 Å². The molecule has 0 radical (unpaired) electrons. The predicted octanol–water partition coefficient (Wildman–Crippen LogP) is 2.23. The van der Waals surface area contributed by atoms with Crippen LogP contribution in [0.4, 0.5) is 0 Å². The summed E-state index contributed by atoms with van der Waals surface area (Å²) in [6, 6.07) is 9.69. The molecule has 21 heavy (non-hydrogen) atoms. The van der Waals surface area contributed by atoms with Crippen molar-refractivity contribution in [3.63, 3.8) is 0 Å². The lowest BCUT2D eigenvalue weighted by atomic mass is 9.77. The topological polar surface area (TPSA) is 59.8 Å². The fraction of sp³-hybridized carbons (Fsp3) is 0.438. The van der Waals surface area contributed by atoms with Gasteiger partial charge < -0.3 is 5.32 Å². The molecule has 0 saturated carbocycles. The molecule has 1 aliphatic heterocycles. The number of aromatic nitrogens is 3. The highest BCUT2D eigenvalue weighted by Gasteiger charge is 2.42. The average Bonchev–Trinajstić information content (AvgIpc) is 3.17. The van der Waals surface area contributed by atoms with E-state index in [0.29, 0.717) is 5.69 Å². The van der Waals surface area contributed by atoms with Gasteiger partial charge in [0.05, 0.1) is 11.9 Å². The molecule has 1 aromatic heterocycles. The molecule has 5 heteroatoms. The molecule has 2 heterocycles. The van der Waals surface area contributed by atoms with Crippen molar-refractivity contribution in [2.75, 3.05) is 13.1 Å². The van der Waals surface area contributed by atoms with Crippen LogP contribution in [-0.2, 0) is 0 Å². The van der Waals surface area contributed by atoms with Crippen LogP contribution in [0.1, 0.15) is 36.7 Å². The lowest BCUT2D eigenvalue weighted by Crippen LogP contribution is -2.34. The van der Waals surface area contributed by atoms with E-state index in [-0.39, 0.29) is 11.2 Å². The van der Waals surface area contributed by atoms with Crippen LogP contribution < -0.4 is 5.32 Å². The van der Waals surface area contributed by atoms with Crippen LogP contribution in [0.15, 0.2) is 36.5 Å². The first-order valence-corrected chi connectivity index (χ1v) is 7.48. The summed E-state index contributed by atoms with van der Waals surface area (Å²) in [5, 5.41) is 11.4. The SMILES string of the molecule is CCCC1(C(=O)c2cnnn2-c2ccccc2)CCNC1. The number of ketones is 1. The smallest absolute Gasteiger partial charge is 0.190 e. The molecule has 3 rings (SSSR count). The Morgan fingerprint density at radius 2 is 2.19 bits per heavy atom. The van der Waals surface area contributed by atoms with Crippen molar-refractivity contribution in [1.82, 2.24) is 20.3 Å². The van der Waals surface area contributed by atoms with Gasteiger partial charge in [0.25, 0.3) is 0 Å². The number of rotatable bonds is 5. The first-order valence-electron chi connectivity index (χ1n) is 7.48. The standard InChI is InChI=1S/C16H20N4O/c1-2-8-16(9-10-17-12-16)15(21)14-11-18-19-20(14)13-6-4-3-5-7-13/h3-7,11,17H,2,8-10,12H2,1H3. The number of benzene rings is 1. The van der Waals surface area contributed by atoms with E-state index in [9.17, 15) is 4.79 Å². The normalized spacial score (nSPS) is 21.6. The van der Waals surface area contributed by atoms with Gasteiger partial charge in [-0.05, 0) is 31.5 Å². The Labute approximate surface area is 124 Å². The monoisotopic (exact) mass is 284 g/mol. The third-order valence-electron chi connectivity index (χ3n) is 4.24. The van der Waals surface area contributed by atoms with Crippen molar-refractivity contribution in [2.24, 2.45) is 5.41 Å². The van der Waals surface area contributed by atoms with Crippen molar-refractivity contribution in [3.05, 3.63) is 42.2 Å². The maximum atomic E-state index is 13.1. The average molecular weight is 284 g/mol. The number of para-hydroxylation sites is 1. The molecule has 1 saturated heterocycles. The van der Waals surface area contributed by atoms with Gasteiger partial charge in [-0.2, -0.15) is 0 Å². The Bertz CT molecular complexity index is 614. The number of nitrogens with zero attached hydrogens (tertiary/aromatic N) is 3. The summed E-state index contributed by atoms with van der Waals surface area (Å²) >= 11 is 0. The Morgan fingerprint density at radius 3 is 2.86 bits per heavy atom. The Balaban J connectivity index is 1.97. The van der Waals surface area contributed by atoms with Crippen LogP contribution >= 0.6 is 0 Å². The van der Waals surface area contributed by atoms with Gasteiger partial charge in [-0.15, -0.1) is 5.10 Å². The van der Waals surface area contributed by atoms with E-state index in [0.717, 1.165) is 38.0 Å². The number of hydrogen-bond acceptors (Lipinski definition) is 4. The van der Waals surface area contributed by atoms with Gasteiger partial charge in [-0.1, -0.05) is 36.8 Å². The zero-order chi connectivity index (χ0) is 14.7. The highest BCUT2D eigenvalue weighted by atomic mass is 16.1. The number of nitrogens with one attached hydrogen (secondary N) is 1. The number of carbonyl (C=O) groups excluding carboxylic acids is 1. The predicted molar refractivity (Wildman–Crippen MR) is 80.5 cm³/mol. The lowest BCUT2D eigenvalue weighted by Gasteiger charge is -2.25. The molecule has 110 valence electrons. The molecule has 0 aliphatic carbocycles. The molecule has 1 aromatic carbocycles. The second kappa shape index (κ2) is 5.77. The fourth-order valence-corrected chi connectivity index (χ4v) is 3.16. The van der Waals surface area contributed by atoms with Crippen molar-refractivity contribution in [3.8, 4) is 5.69 Å². The van der Waals surface area contributed by atoms with Gasteiger partial charge in [0.1, 0.15) is 5.69 Å². The zero-order valence-corrected chi connectivity index (χ0v) is 12.2. The minimum Gasteiger partial charge on any atom is -0.316 e. The maximum absolute atomic E-state index is 13.1. The summed E-state index contributed by atoms with van der Waals surface area (Å²) in [6.07, 6.45) is 4.38. The number of carbonyl (C=O) groups is 1. The summed E-state index contributed by atoms with van der Waals surface area (Å²) in [5.74, 6) is 0.156. The minimum atomic E-state index is -0.303. The molecule has 1 fully saturated rings. The number of Topliss-reactive ketones (excluding diaryl/α,β-unsaturated/α-hetero) is 1. The summed E-state index contributed by atoms with van der Waals surface area (Å²) in [6.45, 7) is 3.78. The van der Waals surface area contributed by atoms with Crippen LogP contribution in [-0.4, -0.2) is 33.9 Å². The molecule has 5 nitrogen and oxygen atoms in total. The number of hydrogen-bond donors (Lipinski definition) is 1. The summed E-state index contributed by atoms with van der Waals surface area (Å²) in [5.41, 5.74) is 1.15. The van der Waals surface area contributed by atoms with E-state index in [1.54, 1.807) is 10.9 Å². The maximum Gasteiger partial charge on any atom is 0.190 e. The van der Waals surface area contributed by atoms with Crippen LogP contribution in [0, 0.1) is 5.41 Å². The summed E-state index contributed by atoms with van der Waals surface area (Å²) < 4.78 is 1.65. The van der Waals surface area contributed by atoms with Crippen LogP contribution in [0.3, 0.4) is 0 Å². The van der Waals surface area contributed by atoms with Gasteiger partial charge in [0.15, 0.2) is 5.78 Å². The summed E-state index contributed by atoms with van der Waals surface area (Å²) in [7, 11) is 0. The highest BCUT2D eigenvalue weighted by molar-refractivity contribution is 5.99. The molecular weight excluding hydrogens is 264 g/mol. The lowest BCUT2D eigenvalue weighted by molar-refractivity contribution is 0.0793. The van der Waals surface area contributed by atoms with E-state index in [2.05, 4.69) is 22.6 Å². The molecule has 2 aromatic rings. The first kappa shape index (κ1) is 13.9. The Morgan fingerprint density at radius 1 is 1.38 bits per heavy atom. The molecule has 0 amide bonds. The van der Waals surface area contributed by atoms with Crippen LogP contribution in [0.2, 0.25) is 0 Å². The molecule has 0 bridgehead atoms. The molecule has 0 spiro atoms. The van der Waals surface area contributed by atoms with E-state index < -0.39 is 0 Å². The molecule has 1 unspecified atom stereocenters. The van der Waals surface area contributed by atoms with Gasteiger partial charge in [-0.25, -0.2) is 4.68 Å².